The highest BCUT2D eigenvalue weighted by atomic mass is 16.1. The molecule has 1 heterocycles. The van der Waals surface area contributed by atoms with Crippen LogP contribution in [-0.2, 0) is 4.79 Å². The highest BCUT2D eigenvalue weighted by Gasteiger charge is 2.18. The molecule has 1 aliphatic heterocycles. The number of nitrogens with zero attached hydrogens (tertiary/aromatic N) is 1. The van der Waals surface area contributed by atoms with Crippen LogP contribution in [0.3, 0.4) is 0 Å². The number of carbonyl (C=O) groups excluding carboxylic acids is 1. The monoisotopic (exact) mass is 219 g/mol. The molecule has 0 spiro atoms. The molecule has 0 amide bonds. The molecule has 1 aliphatic rings. The van der Waals surface area contributed by atoms with E-state index in [4.69, 9.17) is 4.79 Å². The molecule has 0 radical (unpaired) electrons. The summed E-state index contributed by atoms with van der Waals surface area (Å²) in [6.07, 6.45) is 2.70. The average molecular weight is 219 g/mol. The van der Waals surface area contributed by atoms with Crippen molar-refractivity contribution in [2.24, 2.45) is 0 Å². The fraction of sp³-hybridized carbons (Fsp3) is 0.500. The molecule has 1 unspecified atom stereocenters. The number of carbonyl (C=O) groups is 1. The Morgan fingerprint density at radius 2 is 2.12 bits per heavy atom. The first kappa shape index (κ1) is 12.9. The standard InChI is InChI=1S/C13H19N.CH2O/c1-11-5-3-6-12(9-11)13-7-4-8-14(2)10-13;1-2/h3,5-6,9,13H,4,7-8,10H2,1-2H3;1H2. The summed E-state index contributed by atoms with van der Waals surface area (Å²) < 4.78 is 0. The van der Waals surface area contributed by atoms with Crippen molar-refractivity contribution in [2.75, 3.05) is 20.1 Å². The zero-order valence-electron chi connectivity index (χ0n) is 10.3. The molecule has 1 aromatic rings. The molecule has 2 heteroatoms. The summed E-state index contributed by atoms with van der Waals surface area (Å²) in [6, 6.07) is 8.97. The maximum atomic E-state index is 8.00. The van der Waals surface area contributed by atoms with Crippen molar-refractivity contribution in [2.45, 2.75) is 25.7 Å². The van der Waals surface area contributed by atoms with E-state index in [1.165, 1.54) is 37.1 Å². The second kappa shape index (κ2) is 6.44. The van der Waals surface area contributed by atoms with E-state index in [1.807, 2.05) is 6.79 Å². The Bertz CT molecular complexity index is 324. The number of piperidine rings is 1. The SMILES string of the molecule is C=O.Cc1cccc(C2CCCN(C)C2)c1. The highest BCUT2D eigenvalue weighted by molar-refractivity contribution is 5.26. The van der Waals surface area contributed by atoms with Crippen molar-refractivity contribution in [1.82, 2.24) is 4.90 Å². The number of hydrogen-bond donors (Lipinski definition) is 0. The number of aryl methyl sites for hydroxylation is 1. The van der Waals surface area contributed by atoms with Gasteiger partial charge in [0.1, 0.15) is 6.79 Å². The predicted octanol–water partition coefficient (Wildman–Crippen LogP) is 2.62. The minimum Gasteiger partial charge on any atom is -0.307 e. The summed E-state index contributed by atoms with van der Waals surface area (Å²) in [6.45, 7) is 6.67. The second-order valence-electron chi connectivity index (χ2n) is 4.52. The Balaban J connectivity index is 0.000000606. The van der Waals surface area contributed by atoms with Crippen LogP contribution in [0.5, 0.6) is 0 Å². The molecular weight excluding hydrogens is 198 g/mol. The number of likely N-dealkylation sites (N-methyl/N-ethyl adjacent to an activating group) is 1. The Kier molecular flexibility index (Phi) is 5.20. The van der Waals surface area contributed by atoms with Crippen LogP contribution < -0.4 is 0 Å². The molecule has 0 N–H and O–H groups in total. The van der Waals surface area contributed by atoms with Gasteiger partial charge in [-0.25, -0.2) is 0 Å². The van der Waals surface area contributed by atoms with Gasteiger partial charge in [0.2, 0.25) is 0 Å². The third-order valence-electron chi connectivity index (χ3n) is 3.14. The molecule has 88 valence electrons. The smallest absolute Gasteiger partial charge is 0.106 e. The Morgan fingerprint density at radius 1 is 1.38 bits per heavy atom. The van der Waals surface area contributed by atoms with E-state index in [1.54, 1.807) is 0 Å². The van der Waals surface area contributed by atoms with Gasteiger partial charge in [0.25, 0.3) is 0 Å². The van der Waals surface area contributed by atoms with Crippen LogP contribution in [0.25, 0.3) is 0 Å². The van der Waals surface area contributed by atoms with Crippen LogP contribution in [-0.4, -0.2) is 31.8 Å². The lowest BCUT2D eigenvalue weighted by Gasteiger charge is -2.30. The van der Waals surface area contributed by atoms with E-state index in [0.717, 1.165) is 5.92 Å². The summed E-state index contributed by atoms with van der Waals surface area (Å²) in [5.74, 6) is 0.758. The van der Waals surface area contributed by atoms with Gasteiger partial charge in [-0.1, -0.05) is 29.8 Å². The van der Waals surface area contributed by atoms with Crippen molar-refractivity contribution in [1.29, 1.82) is 0 Å². The van der Waals surface area contributed by atoms with E-state index in [2.05, 4.69) is 43.1 Å². The summed E-state index contributed by atoms with van der Waals surface area (Å²) in [7, 11) is 2.22. The molecule has 1 atom stereocenters. The number of hydrogen-bond acceptors (Lipinski definition) is 2. The van der Waals surface area contributed by atoms with E-state index >= 15 is 0 Å². The summed E-state index contributed by atoms with van der Waals surface area (Å²) in [4.78, 5) is 10.4. The molecule has 2 nitrogen and oxygen atoms in total. The van der Waals surface area contributed by atoms with E-state index < -0.39 is 0 Å². The molecule has 1 fully saturated rings. The van der Waals surface area contributed by atoms with Crippen molar-refractivity contribution >= 4 is 6.79 Å². The summed E-state index contributed by atoms with van der Waals surface area (Å²) >= 11 is 0. The fourth-order valence-electron chi connectivity index (χ4n) is 2.36. The lowest BCUT2D eigenvalue weighted by Crippen LogP contribution is -2.30. The normalized spacial score (nSPS) is 21.0. The molecule has 1 saturated heterocycles. The minimum absolute atomic E-state index is 0.758. The van der Waals surface area contributed by atoms with Crippen LogP contribution in [0, 0.1) is 6.92 Å². The predicted molar refractivity (Wildman–Crippen MR) is 67.8 cm³/mol. The van der Waals surface area contributed by atoms with Gasteiger partial charge in [-0.2, -0.15) is 0 Å². The topological polar surface area (TPSA) is 20.3 Å². The lowest BCUT2D eigenvalue weighted by molar-refractivity contribution is -0.0979. The van der Waals surface area contributed by atoms with Gasteiger partial charge in [0.15, 0.2) is 0 Å². The van der Waals surface area contributed by atoms with Crippen LogP contribution in [0.2, 0.25) is 0 Å². The first-order valence-electron chi connectivity index (χ1n) is 5.79. The van der Waals surface area contributed by atoms with Gasteiger partial charge in [-0.15, -0.1) is 0 Å². The zero-order chi connectivity index (χ0) is 12.0. The Labute approximate surface area is 98.3 Å². The second-order valence-corrected chi connectivity index (χ2v) is 4.52. The van der Waals surface area contributed by atoms with Gasteiger partial charge >= 0.3 is 0 Å². The first-order chi connectivity index (χ1) is 7.75. The molecule has 0 aliphatic carbocycles. The van der Waals surface area contributed by atoms with Crippen molar-refractivity contribution in [3.05, 3.63) is 35.4 Å². The van der Waals surface area contributed by atoms with Crippen molar-refractivity contribution in [3.8, 4) is 0 Å². The molecule has 1 aromatic carbocycles. The third kappa shape index (κ3) is 3.46. The van der Waals surface area contributed by atoms with Crippen LogP contribution >= 0.6 is 0 Å². The first-order valence-corrected chi connectivity index (χ1v) is 5.79. The van der Waals surface area contributed by atoms with Crippen LogP contribution in [0.1, 0.15) is 29.9 Å². The lowest BCUT2D eigenvalue weighted by atomic mass is 9.90. The Morgan fingerprint density at radius 3 is 2.75 bits per heavy atom. The van der Waals surface area contributed by atoms with Crippen molar-refractivity contribution < 1.29 is 4.79 Å². The molecule has 0 saturated carbocycles. The molecule has 0 aromatic heterocycles. The quantitative estimate of drug-likeness (QED) is 0.723. The van der Waals surface area contributed by atoms with E-state index in [0.29, 0.717) is 0 Å². The maximum Gasteiger partial charge on any atom is 0.106 e. The average Bonchev–Trinajstić information content (AvgIpc) is 2.32. The summed E-state index contributed by atoms with van der Waals surface area (Å²) in [5, 5.41) is 0. The molecule has 16 heavy (non-hydrogen) atoms. The number of rotatable bonds is 1. The van der Waals surface area contributed by atoms with Gasteiger partial charge in [-0.05, 0) is 44.8 Å². The van der Waals surface area contributed by atoms with E-state index in [-0.39, 0.29) is 0 Å². The zero-order valence-corrected chi connectivity index (χ0v) is 10.3. The van der Waals surface area contributed by atoms with E-state index in [9.17, 15) is 0 Å². The van der Waals surface area contributed by atoms with Crippen LogP contribution in [0.4, 0.5) is 0 Å². The van der Waals surface area contributed by atoms with Gasteiger partial charge < -0.3 is 9.69 Å². The number of benzene rings is 1. The van der Waals surface area contributed by atoms with Gasteiger partial charge in [0.05, 0.1) is 0 Å². The highest BCUT2D eigenvalue weighted by Crippen LogP contribution is 2.26. The van der Waals surface area contributed by atoms with Gasteiger partial charge in [0, 0.05) is 6.54 Å². The fourth-order valence-corrected chi connectivity index (χ4v) is 2.36. The molecule has 2 rings (SSSR count). The van der Waals surface area contributed by atoms with Crippen molar-refractivity contribution in [3.63, 3.8) is 0 Å². The van der Waals surface area contributed by atoms with Gasteiger partial charge in [-0.3, -0.25) is 0 Å². The third-order valence-corrected chi connectivity index (χ3v) is 3.14. The number of likely N-dealkylation sites (tertiary alicyclic amines) is 1. The maximum absolute atomic E-state index is 8.00. The Hall–Kier alpha value is -1.15. The molecular formula is C14H21NO. The molecule has 0 bridgehead atoms. The largest absolute Gasteiger partial charge is 0.307 e. The van der Waals surface area contributed by atoms with Crippen LogP contribution in [0.15, 0.2) is 24.3 Å². The summed E-state index contributed by atoms with van der Waals surface area (Å²) in [5.41, 5.74) is 2.91. The minimum atomic E-state index is 0.758.